The topological polar surface area (TPSA) is 118 Å². The second-order valence-electron chi connectivity index (χ2n) is 8.06. The number of nitrogens with one attached hydrogen (secondary N) is 2. The average Bonchev–Trinajstić information content (AvgIpc) is 3.44. The highest BCUT2D eigenvalue weighted by atomic mass is 16.3. The molecule has 0 saturated heterocycles. The molecule has 0 radical (unpaired) electrons. The summed E-state index contributed by atoms with van der Waals surface area (Å²) in [6.07, 6.45) is 4.26. The third-order valence-electron chi connectivity index (χ3n) is 5.86. The van der Waals surface area contributed by atoms with Crippen LogP contribution in [0, 0.1) is 0 Å². The molecule has 0 spiro atoms. The quantitative estimate of drug-likeness (QED) is 0.382. The van der Waals surface area contributed by atoms with E-state index in [1.165, 1.54) is 0 Å². The molecule has 33 heavy (non-hydrogen) atoms. The Labute approximate surface area is 189 Å². The maximum Gasteiger partial charge on any atom is 0.228 e. The molecule has 0 saturated carbocycles. The van der Waals surface area contributed by atoms with E-state index in [0.29, 0.717) is 5.95 Å². The van der Waals surface area contributed by atoms with E-state index >= 15 is 0 Å². The molecule has 5 heterocycles. The third-order valence-corrected chi connectivity index (χ3v) is 5.86. The van der Waals surface area contributed by atoms with E-state index in [2.05, 4.69) is 46.4 Å². The predicted octanol–water partition coefficient (Wildman–Crippen LogP) is 3.12. The number of nitrogens with zero attached hydrogens (tertiary/aromatic N) is 7. The van der Waals surface area contributed by atoms with Crippen molar-refractivity contribution in [2.75, 3.05) is 17.2 Å². The first kappa shape index (κ1) is 19.2. The van der Waals surface area contributed by atoms with Gasteiger partial charge in [-0.3, -0.25) is 9.08 Å². The summed E-state index contributed by atoms with van der Waals surface area (Å²) in [5, 5.41) is 29.4. The van der Waals surface area contributed by atoms with Crippen LogP contribution in [0.25, 0.3) is 16.9 Å². The molecule has 1 unspecified atom stereocenters. The van der Waals surface area contributed by atoms with E-state index in [1.807, 2.05) is 37.4 Å². The van der Waals surface area contributed by atoms with Crippen molar-refractivity contribution in [3.63, 3.8) is 0 Å². The number of anilines is 3. The van der Waals surface area contributed by atoms with Gasteiger partial charge in [-0.05, 0) is 42.3 Å². The van der Waals surface area contributed by atoms with Crippen LogP contribution in [-0.4, -0.2) is 46.0 Å². The van der Waals surface area contributed by atoms with Gasteiger partial charge in [-0.2, -0.15) is 5.10 Å². The van der Waals surface area contributed by atoms with Crippen molar-refractivity contribution >= 4 is 23.2 Å². The van der Waals surface area contributed by atoms with Crippen molar-refractivity contribution < 1.29 is 5.11 Å². The monoisotopic (exact) mass is 439 g/mol. The van der Waals surface area contributed by atoms with Crippen molar-refractivity contribution in [2.45, 2.75) is 12.3 Å². The fourth-order valence-electron chi connectivity index (χ4n) is 4.17. The lowest BCUT2D eigenvalue weighted by molar-refractivity contribution is 0.475. The van der Waals surface area contributed by atoms with Gasteiger partial charge in [0, 0.05) is 37.3 Å². The van der Waals surface area contributed by atoms with Gasteiger partial charge in [0.25, 0.3) is 0 Å². The highest BCUT2D eigenvalue weighted by molar-refractivity contribution is 5.71. The molecule has 4 aromatic heterocycles. The normalized spacial score (nSPS) is 14.9. The fourth-order valence-corrected chi connectivity index (χ4v) is 4.17. The Hall–Kier alpha value is -4.47. The lowest BCUT2D eigenvalue weighted by Crippen LogP contribution is -2.24. The Morgan fingerprint density at radius 1 is 1.09 bits per heavy atom. The Bertz CT molecular complexity index is 1450. The van der Waals surface area contributed by atoms with Crippen LogP contribution in [0.4, 0.5) is 17.6 Å². The standard InChI is InChI=1S/C23H21N9O/c1-31-19(7-9-26-31)28-23-24-8-6-18(27-23)15-11-20-25-13-16(10-14-2-4-17(33)5-3-14)22-30-29-21(12-15)32(20)22/h2-9,11-12,16,25,33H,10,13H2,1H3,(H,24,27,28). The molecule has 1 aromatic carbocycles. The van der Waals surface area contributed by atoms with Gasteiger partial charge in [-0.25, -0.2) is 9.97 Å². The summed E-state index contributed by atoms with van der Waals surface area (Å²) in [5.74, 6) is 3.61. The minimum absolute atomic E-state index is 0.177. The summed E-state index contributed by atoms with van der Waals surface area (Å²) in [4.78, 5) is 9.00. The average molecular weight is 439 g/mol. The molecular weight excluding hydrogens is 418 g/mol. The number of benzene rings is 1. The second-order valence-corrected chi connectivity index (χ2v) is 8.06. The first-order valence-corrected chi connectivity index (χ1v) is 10.6. The second kappa shape index (κ2) is 7.59. The van der Waals surface area contributed by atoms with Crippen LogP contribution in [0.3, 0.4) is 0 Å². The van der Waals surface area contributed by atoms with Crippen molar-refractivity contribution in [2.24, 2.45) is 7.05 Å². The smallest absolute Gasteiger partial charge is 0.228 e. The molecule has 0 aliphatic carbocycles. The summed E-state index contributed by atoms with van der Waals surface area (Å²) >= 11 is 0. The molecule has 1 aliphatic heterocycles. The summed E-state index contributed by atoms with van der Waals surface area (Å²) in [5.41, 5.74) is 3.62. The van der Waals surface area contributed by atoms with E-state index in [9.17, 15) is 5.11 Å². The Balaban J connectivity index is 1.32. The number of pyridine rings is 1. The molecule has 6 rings (SSSR count). The van der Waals surface area contributed by atoms with Crippen LogP contribution in [0.2, 0.25) is 0 Å². The van der Waals surface area contributed by atoms with Crippen molar-refractivity contribution in [3.8, 4) is 17.0 Å². The van der Waals surface area contributed by atoms with Gasteiger partial charge in [0.15, 0.2) is 5.65 Å². The van der Waals surface area contributed by atoms with E-state index in [4.69, 9.17) is 0 Å². The molecule has 1 aliphatic rings. The predicted molar refractivity (Wildman–Crippen MR) is 124 cm³/mol. The largest absolute Gasteiger partial charge is 0.508 e. The zero-order valence-corrected chi connectivity index (χ0v) is 17.8. The van der Waals surface area contributed by atoms with Gasteiger partial charge in [0.1, 0.15) is 23.2 Å². The minimum atomic E-state index is 0.177. The summed E-state index contributed by atoms with van der Waals surface area (Å²) in [7, 11) is 1.86. The number of phenolic OH excluding ortho intramolecular Hbond substituents is 1. The number of rotatable bonds is 5. The van der Waals surface area contributed by atoms with Gasteiger partial charge >= 0.3 is 0 Å². The first-order valence-electron chi connectivity index (χ1n) is 10.6. The van der Waals surface area contributed by atoms with Gasteiger partial charge in [0.05, 0.1) is 11.9 Å². The molecule has 3 N–H and O–H groups in total. The molecular formula is C23H21N9O. The van der Waals surface area contributed by atoms with Crippen LogP contribution in [0.5, 0.6) is 5.75 Å². The van der Waals surface area contributed by atoms with E-state index in [1.54, 1.807) is 29.2 Å². The van der Waals surface area contributed by atoms with E-state index < -0.39 is 0 Å². The van der Waals surface area contributed by atoms with Crippen molar-refractivity contribution in [1.29, 1.82) is 0 Å². The Morgan fingerprint density at radius 2 is 1.97 bits per heavy atom. The molecule has 1 atom stereocenters. The van der Waals surface area contributed by atoms with Gasteiger partial charge in [0.2, 0.25) is 5.95 Å². The minimum Gasteiger partial charge on any atom is -0.508 e. The summed E-state index contributed by atoms with van der Waals surface area (Å²) < 4.78 is 3.79. The van der Waals surface area contributed by atoms with Crippen LogP contribution >= 0.6 is 0 Å². The number of phenols is 1. The van der Waals surface area contributed by atoms with E-state index in [0.717, 1.165) is 52.9 Å². The summed E-state index contributed by atoms with van der Waals surface area (Å²) in [6.45, 7) is 0.745. The van der Waals surface area contributed by atoms with Crippen molar-refractivity contribution in [3.05, 3.63) is 72.3 Å². The maximum absolute atomic E-state index is 9.54. The molecule has 10 heteroatoms. The van der Waals surface area contributed by atoms with E-state index in [-0.39, 0.29) is 11.7 Å². The SMILES string of the molecule is Cn1nccc1Nc1nccc(-c2cc3n4c(nnc4c2)C(Cc2ccc(O)cc2)CN3)n1. The first-order chi connectivity index (χ1) is 16.1. The maximum atomic E-state index is 9.54. The Morgan fingerprint density at radius 3 is 2.79 bits per heavy atom. The highest BCUT2D eigenvalue weighted by Crippen LogP contribution is 2.32. The Kier molecular flexibility index (Phi) is 4.42. The number of aromatic nitrogens is 7. The lowest BCUT2D eigenvalue weighted by Gasteiger charge is -2.24. The van der Waals surface area contributed by atoms with Gasteiger partial charge in [-0.1, -0.05) is 12.1 Å². The zero-order valence-electron chi connectivity index (χ0n) is 17.8. The van der Waals surface area contributed by atoms with Gasteiger partial charge in [-0.15, -0.1) is 10.2 Å². The zero-order chi connectivity index (χ0) is 22.4. The molecule has 0 fully saturated rings. The molecule has 5 aromatic rings. The van der Waals surface area contributed by atoms with Crippen LogP contribution < -0.4 is 10.6 Å². The number of hydrogen-bond acceptors (Lipinski definition) is 8. The van der Waals surface area contributed by atoms with Crippen LogP contribution in [0.15, 0.2) is 60.9 Å². The fraction of sp³-hybridized carbons (Fsp3) is 0.174. The van der Waals surface area contributed by atoms with Gasteiger partial charge < -0.3 is 15.7 Å². The highest BCUT2D eigenvalue weighted by Gasteiger charge is 2.25. The lowest BCUT2D eigenvalue weighted by atomic mass is 9.97. The molecule has 0 bridgehead atoms. The molecule has 0 amide bonds. The summed E-state index contributed by atoms with van der Waals surface area (Å²) in [6, 6.07) is 15.1. The third kappa shape index (κ3) is 3.51. The number of hydrogen-bond donors (Lipinski definition) is 3. The molecule has 164 valence electrons. The van der Waals surface area contributed by atoms with Crippen LogP contribution in [0.1, 0.15) is 17.3 Å². The number of aromatic hydroxyl groups is 1. The molecule has 10 nitrogen and oxygen atoms in total. The van der Waals surface area contributed by atoms with Crippen molar-refractivity contribution in [1.82, 2.24) is 34.3 Å². The number of aryl methyl sites for hydroxylation is 1. The van der Waals surface area contributed by atoms with Crippen LogP contribution in [-0.2, 0) is 13.5 Å².